The first-order valence-corrected chi connectivity index (χ1v) is 11.0. The van der Waals surface area contributed by atoms with E-state index in [4.69, 9.17) is 9.47 Å². The standard InChI is InChI=1S/C21H26N2O5S/c1-14(2)20(15-8-9-18-19(13-15)28-11-5-10-27-18)23-21(24)16-6-4-7-17(12-16)29(25,26)22-3/h4,6-9,12-14,20,22H,5,10-11H2,1-3H3,(H,23,24)/t20-/m0/s1. The molecule has 0 bridgehead atoms. The molecule has 7 nitrogen and oxygen atoms in total. The van der Waals surface area contributed by atoms with Crippen molar-refractivity contribution in [2.45, 2.75) is 31.2 Å². The highest BCUT2D eigenvalue weighted by Crippen LogP contribution is 2.34. The van der Waals surface area contributed by atoms with Gasteiger partial charge < -0.3 is 14.8 Å². The van der Waals surface area contributed by atoms with E-state index in [1.807, 2.05) is 32.0 Å². The van der Waals surface area contributed by atoms with E-state index in [9.17, 15) is 13.2 Å². The predicted octanol–water partition coefficient (Wildman–Crippen LogP) is 2.88. The molecule has 0 unspecified atom stereocenters. The maximum atomic E-state index is 12.9. The number of rotatable bonds is 6. The Bertz CT molecular complexity index is 988. The summed E-state index contributed by atoms with van der Waals surface area (Å²) in [5.41, 5.74) is 1.18. The molecule has 1 aliphatic heterocycles. The molecule has 0 spiro atoms. The van der Waals surface area contributed by atoms with Crippen molar-refractivity contribution in [2.75, 3.05) is 20.3 Å². The zero-order valence-corrected chi connectivity index (χ0v) is 17.6. The fraction of sp³-hybridized carbons (Fsp3) is 0.381. The monoisotopic (exact) mass is 418 g/mol. The summed E-state index contributed by atoms with van der Waals surface area (Å²) < 4.78 is 37.7. The second-order valence-electron chi connectivity index (χ2n) is 7.19. The van der Waals surface area contributed by atoms with Gasteiger partial charge in [0.15, 0.2) is 11.5 Å². The number of nitrogens with one attached hydrogen (secondary N) is 2. The first-order chi connectivity index (χ1) is 13.8. The van der Waals surface area contributed by atoms with Gasteiger partial charge in [0.1, 0.15) is 0 Å². The van der Waals surface area contributed by atoms with Crippen LogP contribution in [0.4, 0.5) is 0 Å². The first kappa shape index (κ1) is 21.1. The van der Waals surface area contributed by atoms with Gasteiger partial charge in [-0.05, 0) is 48.9 Å². The van der Waals surface area contributed by atoms with E-state index in [1.165, 1.54) is 19.2 Å². The molecule has 0 fully saturated rings. The lowest BCUT2D eigenvalue weighted by Crippen LogP contribution is -2.32. The van der Waals surface area contributed by atoms with Crippen LogP contribution in [-0.2, 0) is 10.0 Å². The Morgan fingerprint density at radius 1 is 1.03 bits per heavy atom. The molecule has 2 aromatic rings. The topological polar surface area (TPSA) is 93.7 Å². The summed E-state index contributed by atoms with van der Waals surface area (Å²) in [6, 6.07) is 11.4. The SMILES string of the molecule is CNS(=O)(=O)c1cccc(C(=O)N[C@H](c2ccc3c(c2)OCCCO3)C(C)C)c1. The first-order valence-electron chi connectivity index (χ1n) is 9.56. The van der Waals surface area contributed by atoms with Gasteiger partial charge in [-0.3, -0.25) is 4.79 Å². The number of fused-ring (bicyclic) bond motifs is 1. The Kier molecular flexibility index (Phi) is 6.44. The average molecular weight is 419 g/mol. The van der Waals surface area contributed by atoms with Crippen molar-refractivity contribution in [2.24, 2.45) is 5.92 Å². The van der Waals surface area contributed by atoms with E-state index in [1.54, 1.807) is 12.1 Å². The zero-order valence-electron chi connectivity index (χ0n) is 16.8. The van der Waals surface area contributed by atoms with Crippen LogP contribution in [0, 0.1) is 5.92 Å². The third kappa shape index (κ3) is 4.89. The minimum absolute atomic E-state index is 0.0457. The number of benzene rings is 2. The fourth-order valence-electron chi connectivity index (χ4n) is 3.16. The van der Waals surface area contributed by atoms with E-state index < -0.39 is 10.0 Å². The summed E-state index contributed by atoms with van der Waals surface area (Å²) in [6.45, 7) is 5.22. The van der Waals surface area contributed by atoms with Gasteiger partial charge in [0.25, 0.3) is 5.91 Å². The molecule has 0 saturated heterocycles. The van der Waals surface area contributed by atoms with Crippen LogP contribution in [0.2, 0.25) is 0 Å². The van der Waals surface area contributed by atoms with Gasteiger partial charge in [0.05, 0.1) is 24.2 Å². The molecule has 0 saturated carbocycles. The van der Waals surface area contributed by atoms with E-state index in [0.29, 0.717) is 24.7 Å². The lowest BCUT2D eigenvalue weighted by molar-refractivity contribution is 0.0925. The largest absolute Gasteiger partial charge is 0.490 e. The quantitative estimate of drug-likeness (QED) is 0.752. The molecule has 156 valence electrons. The molecule has 2 N–H and O–H groups in total. The Morgan fingerprint density at radius 2 is 1.76 bits per heavy atom. The summed E-state index contributed by atoms with van der Waals surface area (Å²) in [5, 5.41) is 3.02. The molecule has 0 aliphatic carbocycles. The molecule has 0 aromatic heterocycles. The number of hydrogen-bond acceptors (Lipinski definition) is 5. The minimum atomic E-state index is -3.63. The molecule has 3 rings (SSSR count). The van der Waals surface area contributed by atoms with Crippen molar-refractivity contribution >= 4 is 15.9 Å². The summed E-state index contributed by atoms with van der Waals surface area (Å²) in [4.78, 5) is 12.9. The Hall–Kier alpha value is -2.58. The average Bonchev–Trinajstić information content (AvgIpc) is 2.96. The van der Waals surface area contributed by atoms with Crippen molar-refractivity contribution in [3.05, 3.63) is 53.6 Å². The molecule has 0 radical (unpaired) electrons. The van der Waals surface area contributed by atoms with Crippen LogP contribution < -0.4 is 19.5 Å². The van der Waals surface area contributed by atoms with Gasteiger partial charge in [-0.2, -0.15) is 0 Å². The summed E-state index contributed by atoms with van der Waals surface area (Å²) >= 11 is 0. The summed E-state index contributed by atoms with van der Waals surface area (Å²) in [6.07, 6.45) is 0.820. The number of sulfonamides is 1. The molecule has 1 amide bonds. The Labute approximate surface area is 171 Å². The molecular weight excluding hydrogens is 392 g/mol. The van der Waals surface area contributed by atoms with Crippen LogP contribution in [0.5, 0.6) is 11.5 Å². The second kappa shape index (κ2) is 8.84. The lowest BCUT2D eigenvalue weighted by atomic mass is 9.95. The third-order valence-corrected chi connectivity index (χ3v) is 6.17. The summed E-state index contributed by atoms with van der Waals surface area (Å²) in [7, 11) is -2.29. The van der Waals surface area contributed by atoms with Crippen molar-refractivity contribution < 1.29 is 22.7 Å². The van der Waals surface area contributed by atoms with Gasteiger partial charge in [-0.1, -0.05) is 26.0 Å². The van der Waals surface area contributed by atoms with Gasteiger partial charge in [0.2, 0.25) is 10.0 Å². The van der Waals surface area contributed by atoms with E-state index >= 15 is 0 Å². The van der Waals surface area contributed by atoms with Crippen LogP contribution in [0.25, 0.3) is 0 Å². The van der Waals surface area contributed by atoms with Crippen LogP contribution >= 0.6 is 0 Å². The van der Waals surface area contributed by atoms with Crippen molar-refractivity contribution in [1.29, 1.82) is 0 Å². The highest BCUT2D eigenvalue weighted by molar-refractivity contribution is 7.89. The Morgan fingerprint density at radius 3 is 2.45 bits per heavy atom. The van der Waals surface area contributed by atoms with Gasteiger partial charge in [-0.25, -0.2) is 13.1 Å². The van der Waals surface area contributed by atoms with Crippen LogP contribution in [0.15, 0.2) is 47.4 Å². The van der Waals surface area contributed by atoms with Crippen LogP contribution in [0.1, 0.15) is 42.2 Å². The summed E-state index contributed by atoms with van der Waals surface area (Å²) in [5.74, 6) is 1.13. The maximum Gasteiger partial charge on any atom is 0.251 e. The van der Waals surface area contributed by atoms with Crippen molar-refractivity contribution in [3.8, 4) is 11.5 Å². The molecule has 1 heterocycles. The zero-order chi connectivity index (χ0) is 21.0. The number of ether oxygens (including phenoxy) is 2. The smallest absolute Gasteiger partial charge is 0.251 e. The fourth-order valence-corrected chi connectivity index (χ4v) is 3.93. The lowest BCUT2D eigenvalue weighted by Gasteiger charge is -2.24. The predicted molar refractivity (Wildman–Crippen MR) is 110 cm³/mol. The molecule has 1 atom stereocenters. The van der Waals surface area contributed by atoms with Crippen molar-refractivity contribution in [1.82, 2.24) is 10.0 Å². The molecule has 2 aromatic carbocycles. The second-order valence-corrected chi connectivity index (χ2v) is 9.07. The number of amides is 1. The maximum absolute atomic E-state index is 12.9. The Balaban J connectivity index is 1.86. The molecule has 8 heteroatoms. The number of carbonyl (C=O) groups is 1. The number of hydrogen-bond donors (Lipinski definition) is 2. The van der Waals surface area contributed by atoms with Gasteiger partial charge in [0, 0.05) is 12.0 Å². The normalized spacial score (nSPS) is 14.9. The molecule has 29 heavy (non-hydrogen) atoms. The minimum Gasteiger partial charge on any atom is -0.490 e. The number of carbonyl (C=O) groups excluding carboxylic acids is 1. The van der Waals surface area contributed by atoms with Crippen molar-refractivity contribution in [3.63, 3.8) is 0 Å². The van der Waals surface area contributed by atoms with Gasteiger partial charge in [-0.15, -0.1) is 0 Å². The highest BCUT2D eigenvalue weighted by Gasteiger charge is 2.22. The van der Waals surface area contributed by atoms with Crippen LogP contribution in [0.3, 0.4) is 0 Å². The van der Waals surface area contributed by atoms with Crippen LogP contribution in [-0.4, -0.2) is 34.6 Å². The molecule has 1 aliphatic rings. The molecular formula is C21H26N2O5S. The van der Waals surface area contributed by atoms with E-state index in [-0.39, 0.29) is 28.3 Å². The van der Waals surface area contributed by atoms with E-state index in [2.05, 4.69) is 10.0 Å². The third-order valence-electron chi connectivity index (χ3n) is 4.76. The van der Waals surface area contributed by atoms with Gasteiger partial charge >= 0.3 is 0 Å². The highest BCUT2D eigenvalue weighted by atomic mass is 32.2. The van der Waals surface area contributed by atoms with E-state index in [0.717, 1.165) is 12.0 Å².